The maximum atomic E-state index is 5.47. The Bertz CT molecular complexity index is 394. The molecule has 16 heavy (non-hydrogen) atoms. The largest absolute Gasteiger partial charge is 0.486 e. The van der Waals surface area contributed by atoms with Crippen LogP contribution in [0.15, 0.2) is 59.6 Å². The Balaban J connectivity index is 2.50. The van der Waals surface area contributed by atoms with Crippen LogP contribution in [0.3, 0.4) is 0 Å². The van der Waals surface area contributed by atoms with Crippen molar-refractivity contribution in [1.82, 2.24) is 0 Å². The number of benzene rings is 1. The highest BCUT2D eigenvalue weighted by Crippen LogP contribution is 2.04. The van der Waals surface area contributed by atoms with E-state index in [4.69, 9.17) is 10.5 Å². The molecule has 0 heterocycles. The maximum Gasteiger partial charge on any atom is 0.153 e. The fourth-order valence-electron chi connectivity index (χ4n) is 1.04. The highest BCUT2D eigenvalue weighted by atomic mass is 16.5. The number of ether oxygens (including phenoxy) is 1. The average Bonchev–Trinajstić information content (AvgIpc) is 2.30. The Morgan fingerprint density at radius 2 is 2.12 bits per heavy atom. The average molecular weight is 216 g/mol. The number of hydrogen-bond acceptors (Lipinski definition) is 3. The summed E-state index contributed by atoms with van der Waals surface area (Å²) in [4.78, 5) is 4.02. The molecule has 0 aliphatic carbocycles. The van der Waals surface area contributed by atoms with Gasteiger partial charge in [0.15, 0.2) is 5.76 Å². The van der Waals surface area contributed by atoms with Crippen LogP contribution in [-0.4, -0.2) is 6.21 Å². The van der Waals surface area contributed by atoms with Crippen molar-refractivity contribution in [2.24, 2.45) is 10.7 Å². The van der Waals surface area contributed by atoms with Crippen molar-refractivity contribution in [3.05, 3.63) is 60.1 Å². The van der Waals surface area contributed by atoms with E-state index in [9.17, 15) is 0 Å². The first kappa shape index (κ1) is 12.0. The Morgan fingerprint density at radius 1 is 1.44 bits per heavy atom. The van der Waals surface area contributed by atoms with Gasteiger partial charge < -0.3 is 10.5 Å². The summed E-state index contributed by atoms with van der Waals surface area (Å²) in [5.74, 6) is 0.534. The fraction of sp³-hybridized carbons (Fsp3) is 0.154. The van der Waals surface area contributed by atoms with Gasteiger partial charge in [0.25, 0.3) is 0 Å². The molecule has 3 nitrogen and oxygen atoms in total. The van der Waals surface area contributed by atoms with Crippen LogP contribution in [-0.2, 0) is 11.3 Å². The van der Waals surface area contributed by atoms with E-state index in [0.29, 0.717) is 18.1 Å². The lowest BCUT2D eigenvalue weighted by molar-refractivity contribution is 0.218. The van der Waals surface area contributed by atoms with Gasteiger partial charge >= 0.3 is 0 Å². The normalized spacial score (nSPS) is 11.7. The molecule has 1 aromatic rings. The molecule has 0 amide bonds. The van der Waals surface area contributed by atoms with E-state index in [0.717, 1.165) is 5.56 Å². The first-order chi connectivity index (χ1) is 7.72. The molecule has 0 fully saturated rings. The zero-order valence-electron chi connectivity index (χ0n) is 9.39. The number of hydrogen-bond donors (Lipinski definition) is 1. The third-order valence-corrected chi connectivity index (χ3v) is 1.82. The molecular weight excluding hydrogens is 200 g/mol. The minimum Gasteiger partial charge on any atom is -0.486 e. The number of nitrogens with zero attached hydrogens (tertiary/aromatic N) is 1. The lowest BCUT2D eigenvalue weighted by Crippen LogP contribution is -1.98. The van der Waals surface area contributed by atoms with Gasteiger partial charge in [-0.15, -0.1) is 0 Å². The summed E-state index contributed by atoms with van der Waals surface area (Å²) in [6.07, 6.45) is 2.95. The Labute approximate surface area is 96.0 Å². The van der Waals surface area contributed by atoms with E-state index in [1.54, 1.807) is 6.21 Å². The third kappa shape index (κ3) is 4.46. The Kier molecular flexibility index (Phi) is 4.86. The summed E-state index contributed by atoms with van der Waals surface area (Å²) in [6, 6.07) is 9.87. The zero-order chi connectivity index (χ0) is 11.8. The van der Waals surface area contributed by atoms with Crippen LogP contribution in [0.2, 0.25) is 0 Å². The highest BCUT2D eigenvalue weighted by molar-refractivity contribution is 5.76. The topological polar surface area (TPSA) is 47.6 Å². The quantitative estimate of drug-likeness (QED) is 0.607. The van der Waals surface area contributed by atoms with Crippen molar-refractivity contribution in [1.29, 1.82) is 0 Å². The van der Waals surface area contributed by atoms with Gasteiger partial charge in [-0.25, -0.2) is 0 Å². The van der Waals surface area contributed by atoms with Gasteiger partial charge in [-0.2, -0.15) is 0 Å². The molecule has 0 saturated carbocycles. The predicted molar refractivity (Wildman–Crippen MR) is 66.8 cm³/mol. The van der Waals surface area contributed by atoms with E-state index in [2.05, 4.69) is 11.6 Å². The molecule has 0 spiro atoms. The monoisotopic (exact) mass is 216 g/mol. The van der Waals surface area contributed by atoms with Crippen molar-refractivity contribution >= 4 is 6.21 Å². The molecule has 0 aliphatic rings. The Morgan fingerprint density at radius 3 is 2.69 bits per heavy atom. The lowest BCUT2D eigenvalue weighted by atomic mass is 10.2. The summed E-state index contributed by atoms with van der Waals surface area (Å²) in [5.41, 5.74) is 7.21. The third-order valence-electron chi connectivity index (χ3n) is 1.82. The van der Waals surface area contributed by atoms with Crippen LogP contribution in [0.4, 0.5) is 0 Å². The second kappa shape index (κ2) is 6.45. The summed E-state index contributed by atoms with van der Waals surface area (Å²) in [7, 11) is 0. The second-order valence-electron chi connectivity index (χ2n) is 3.34. The molecular formula is C13H16N2O. The second-order valence-corrected chi connectivity index (χ2v) is 3.34. The van der Waals surface area contributed by atoms with E-state index >= 15 is 0 Å². The van der Waals surface area contributed by atoms with Crippen LogP contribution < -0.4 is 5.73 Å². The molecule has 0 radical (unpaired) electrons. The molecule has 2 N–H and O–H groups in total. The van der Waals surface area contributed by atoms with E-state index in [-0.39, 0.29) is 0 Å². The van der Waals surface area contributed by atoms with Gasteiger partial charge in [0.2, 0.25) is 0 Å². The van der Waals surface area contributed by atoms with Gasteiger partial charge in [0, 0.05) is 11.9 Å². The van der Waals surface area contributed by atoms with Crippen molar-refractivity contribution in [2.75, 3.05) is 0 Å². The molecule has 1 aromatic carbocycles. The first-order valence-corrected chi connectivity index (χ1v) is 5.00. The van der Waals surface area contributed by atoms with Crippen molar-refractivity contribution in [3.8, 4) is 0 Å². The molecule has 0 aliphatic heterocycles. The fourth-order valence-corrected chi connectivity index (χ4v) is 1.04. The standard InChI is InChI=1S/C13H16N2O/c1-11(2)15-9-13(8-14)16-10-12-6-4-3-5-7-12/h3-9H,1,10,14H2,2H3/b13-8+,15-9?. The Hall–Kier alpha value is -2.03. The molecule has 0 bridgehead atoms. The van der Waals surface area contributed by atoms with Crippen LogP contribution in [0.5, 0.6) is 0 Å². The van der Waals surface area contributed by atoms with E-state index < -0.39 is 0 Å². The van der Waals surface area contributed by atoms with Crippen molar-refractivity contribution < 1.29 is 4.74 Å². The predicted octanol–water partition coefficient (Wildman–Crippen LogP) is 2.61. The lowest BCUT2D eigenvalue weighted by Gasteiger charge is -2.05. The molecule has 0 atom stereocenters. The minimum absolute atomic E-state index is 0.478. The maximum absolute atomic E-state index is 5.47. The molecule has 0 saturated heterocycles. The van der Waals surface area contributed by atoms with Crippen molar-refractivity contribution in [2.45, 2.75) is 13.5 Å². The molecule has 3 heteroatoms. The molecule has 84 valence electrons. The number of aliphatic imine (C=N–C) groups is 1. The van der Waals surface area contributed by atoms with Crippen LogP contribution in [0.25, 0.3) is 0 Å². The van der Waals surface area contributed by atoms with Gasteiger partial charge in [-0.3, -0.25) is 4.99 Å². The van der Waals surface area contributed by atoms with Gasteiger partial charge in [-0.1, -0.05) is 36.9 Å². The number of nitrogens with two attached hydrogens (primary N) is 1. The summed E-state index contributed by atoms with van der Waals surface area (Å²) in [6.45, 7) is 5.94. The molecule has 0 aromatic heterocycles. The van der Waals surface area contributed by atoms with Crippen LogP contribution in [0, 0.1) is 0 Å². The smallest absolute Gasteiger partial charge is 0.153 e. The van der Waals surface area contributed by atoms with Gasteiger partial charge in [0.05, 0.1) is 6.21 Å². The highest BCUT2D eigenvalue weighted by Gasteiger charge is 1.95. The number of rotatable bonds is 5. The van der Waals surface area contributed by atoms with Crippen LogP contribution in [0.1, 0.15) is 12.5 Å². The zero-order valence-corrected chi connectivity index (χ0v) is 9.39. The summed E-state index contributed by atoms with van der Waals surface area (Å²) >= 11 is 0. The SMILES string of the molecule is C=C(C)N=C/C(=C\N)OCc1ccccc1. The van der Waals surface area contributed by atoms with Crippen molar-refractivity contribution in [3.63, 3.8) is 0 Å². The minimum atomic E-state index is 0.478. The first-order valence-electron chi connectivity index (χ1n) is 5.00. The summed E-state index contributed by atoms with van der Waals surface area (Å²) in [5, 5.41) is 0. The van der Waals surface area contributed by atoms with Gasteiger partial charge in [0.1, 0.15) is 6.61 Å². The molecule has 0 unspecified atom stereocenters. The van der Waals surface area contributed by atoms with Gasteiger partial charge in [-0.05, 0) is 12.5 Å². The molecule has 1 rings (SSSR count). The summed E-state index contributed by atoms with van der Waals surface area (Å²) < 4.78 is 5.47. The van der Waals surface area contributed by atoms with E-state index in [1.165, 1.54) is 6.20 Å². The number of allylic oxidation sites excluding steroid dienone is 2. The van der Waals surface area contributed by atoms with E-state index in [1.807, 2.05) is 37.3 Å². The van der Waals surface area contributed by atoms with Crippen LogP contribution >= 0.6 is 0 Å².